The van der Waals surface area contributed by atoms with Crippen LogP contribution < -0.4 is 10.1 Å². The largest absolute Gasteiger partial charge is 0.492 e. The quantitative estimate of drug-likeness (QED) is 0.870. The van der Waals surface area contributed by atoms with Crippen LogP contribution in [0.1, 0.15) is 49.8 Å². The van der Waals surface area contributed by atoms with Crippen LogP contribution in [0.2, 0.25) is 0 Å². The Balaban J connectivity index is 1.63. The van der Waals surface area contributed by atoms with E-state index in [2.05, 4.69) is 35.3 Å². The first-order chi connectivity index (χ1) is 10.4. The molecule has 1 aliphatic heterocycles. The van der Waals surface area contributed by atoms with Gasteiger partial charge in [-0.25, -0.2) is 0 Å². The van der Waals surface area contributed by atoms with Gasteiger partial charge < -0.3 is 10.1 Å². The summed E-state index contributed by atoms with van der Waals surface area (Å²) in [6.07, 6.45) is 6.38. The van der Waals surface area contributed by atoms with E-state index in [1.165, 1.54) is 49.9 Å². The summed E-state index contributed by atoms with van der Waals surface area (Å²) in [6.45, 7) is 7.61. The molecule has 2 aliphatic rings. The Morgan fingerprint density at radius 3 is 2.90 bits per heavy atom. The summed E-state index contributed by atoms with van der Waals surface area (Å²) in [5, 5.41) is 3.60. The van der Waals surface area contributed by atoms with Crippen molar-refractivity contribution < 1.29 is 4.74 Å². The van der Waals surface area contributed by atoms with Crippen LogP contribution in [0.25, 0.3) is 0 Å². The molecule has 1 atom stereocenters. The van der Waals surface area contributed by atoms with Crippen molar-refractivity contribution in [1.29, 1.82) is 0 Å². The van der Waals surface area contributed by atoms with E-state index in [4.69, 9.17) is 4.74 Å². The van der Waals surface area contributed by atoms with Crippen LogP contribution in [0.15, 0.2) is 18.2 Å². The van der Waals surface area contributed by atoms with Gasteiger partial charge in [0.25, 0.3) is 0 Å². The number of likely N-dealkylation sites (tertiary alicyclic amines) is 1. The Hall–Kier alpha value is -1.06. The van der Waals surface area contributed by atoms with Gasteiger partial charge in [-0.3, -0.25) is 4.90 Å². The number of hydrogen-bond acceptors (Lipinski definition) is 3. The molecule has 0 amide bonds. The van der Waals surface area contributed by atoms with Crippen molar-refractivity contribution in [3.05, 3.63) is 29.3 Å². The maximum Gasteiger partial charge on any atom is 0.122 e. The Kier molecular flexibility index (Phi) is 5.15. The lowest BCUT2D eigenvalue weighted by molar-refractivity contribution is 0.235. The fourth-order valence-electron chi connectivity index (χ4n) is 3.70. The molecule has 0 aromatic heterocycles. The highest BCUT2D eigenvalue weighted by molar-refractivity contribution is 5.43. The third kappa shape index (κ3) is 3.58. The van der Waals surface area contributed by atoms with Crippen molar-refractivity contribution in [2.24, 2.45) is 0 Å². The summed E-state index contributed by atoms with van der Waals surface area (Å²) in [7, 11) is 0. The normalized spacial score (nSPS) is 22.2. The van der Waals surface area contributed by atoms with Crippen LogP contribution in [0.4, 0.5) is 0 Å². The van der Waals surface area contributed by atoms with Crippen molar-refractivity contribution in [2.45, 2.75) is 45.1 Å². The van der Waals surface area contributed by atoms with Gasteiger partial charge in [-0.05, 0) is 68.9 Å². The molecule has 1 saturated heterocycles. The molecule has 0 spiro atoms. The first-order valence-corrected chi connectivity index (χ1v) is 8.59. The molecule has 1 aromatic carbocycles. The van der Waals surface area contributed by atoms with Crippen molar-refractivity contribution in [3.63, 3.8) is 0 Å². The van der Waals surface area contributed by atoms with Crippen LogP contribution >= 0.6 is 0 Å². The van der Waals surface area contributed by atoms with Gasteiger partial charge in [0, 0.05) is 12.6 Å². The van der Waals surface area contributed by atoms with Gasteiger partial charge in [0.05, 0.1) is 0 Å². The van der Waals surface area contributed by atoms with Crippen LogP contribution in [-0.2, 0) is 6.42 Å². The Labute approximate surface area is 128 Å². The summed E-state index contributed by atoms with van der Waals surface area (Å²) in [6, 6.07) is 7.09. The van der Waals surface area contributed by atoms with E-state index in [0.29, 0.717) is 6.04 Å². The molecule has 3 heteroatoms. The molecule has 116 valence electrons. The van der Waals surface area contributed by atoms with Gasteiger partial charge in [-0.1, -0.05) is 19.1 Å². The first-order valence-electron chi connectivity index (χ1n) is 8.59. The van der Waals surface area contributed by atoms with Gasteiger partial charge in [0.2, 0.25) is 0 Å². The van der Waals surface area contributed by atoms with Gasteiger partial charge in [0.15, 0.2) is 0 Å². The molecule has 1 aromatic rings. The highest BCUT2D eigenvalue weighted by atomic mass is 16.5. The van der Waals surface area contributed by atoms with Crippen LogP contribution in [-0.4, -0.2) is 37.7 Å². The summed E-state index contributed by atoms with van der Waals surface area (Å²) in [5.41, 5.74) is 2.90. The lowest BCUT2D eigenvalue weighted by Gasteiger charge is -2.28. The second-order valence-electron chi connectivity index (χ2n) is 6.22. The number of benzene rings is 1. The van der Waals surface area contributed by atoms with Crippen molar-refractivity contribution >= 4 is 0 Å². The van der Waals surface area contributed by atoms with E-state index < -0.39 is 0 Å². The van der Waals surface area contributed by atoms with Crippen molar-refractivity contribution in [2.75, 3.05) is 32.8 Å². The van der Waals surface area contributed by atoms with Crippen LogP contribution in [0.5, 0.6) is 5.75 Å². The summed E-state index contributed by atoms with van der Waals surface area (Å²) in [5.74, 6) is 1.12. The molecular formula is C18H28N2O. The fraction of sp³-hybridized carbons (Fsp3) is 0.667. The zero-order valence-corrected chi connectivity index (χ0v) is 13.2. The third-order valence-corrected chi connectivity index (χ3v) is 4.78. The molecule has 0 radical (unpaired) electrons. The second-order valence-corrected chi connectivity index (χ2v) is 6.22. The summed E-state index contributed by atoms with van der Waals surface area (Å²) in [4.78, 5) is 2.51. The molecule has 0 saturated carbocycles. The molecule has 1 unspecified atom stereocenters. The van der Waals surface area contributed by atoms with Gasteiger partial charge >= 0.3 is 0 Å². The number of ether oxygens (including phenoxy) is 1. The Morgan fingerprint density at radius 1 is 1.24 bits per heavy atom. The Bertz CT molecular complexity index is 455. The van der Waals surface area contributed by atoms with E-state index in [9.17, 15) is 0 Å². The lowest BCUT2D eigenvalue weighted by atomic mass is 9.87. The highest BCUT2D eigenvalue weighted by Crippen LogP contribution is 2.35. The zero-order valence-electron chi connectivity index (χ0n) is 13.2. The monoisotopic (exact) mass is 288 g/mol. The zero-order chi connectivity index (χ0) is 14.5. The van der Waals surface area contributed by atoms with Crippen molar-refractivity contribution in [1.82, 2.24) is 10.2 Å². The minimum absolute atomic E-state index is 0.515. The molecular weight excluding hydrogens is 260 g/mol. The fourth-order valence-corrected chi connectivity index (χ4v) is 3.70. The number of hydrogen-bond donors (Lipinski definition) is 1. The number of fused-ring (bicyclic) bond motifs is 1. The van der Waals surface area contributed by atoms with E-state index in [0.717, 1.165) is 31.9 Å². The van der Waals surface area contributed by atoms with E-state index in [1.54, 1.807) is 0 Å². The molecule has 1 heterocycles. The maximum absolute atomic E-state index is 6.12. The van der Waals surface area contributed by atoms with E-state index in [1.807, 2.05) is 0 Å². The topological polar surface area (TPSA) is 24.5 Å². The first kappa shape index (κ1) is 14.9. The van der Waals surface area contributed by atoms with Crippen LogP contribution in [0, 0.1) is 0 Å². The number of nitrogens with zero attached hydrogens (tertiary/aromatic N) is 1. The average Bonchev–Trinajstić information content (AvgIpc) is 3.02. The molecule has 1 fully saturated rings. The average molecular weight is 288 g/mol. The smallest absolute Gasteiger partial charge is 0.122 e. The van der Waals surface area contributed by atoms with Gasteiger partial charge in [-0.15, -0.1) is 0 Å². The summed E-state index contributed by atoms with van der Waals surface area (Å²) >= 11 is 0. The van der Waals surface area contributed by atoms with E-state index in [-0.39, 0.29) is 0 Å². The molecule has 3 nitrogen and oxygen atoms in total. The lowest BCUT2D eigenvalue weighted by Crippen LogP contribution is -2.27. The minimum atomic E-state index is 0.515. The van der Waals surface area contributed by atoms with Gasteiger partial charge in [-0.2, -0.15) is 0 Å². The number of nitrogens with one attached hydrogen (secondary N) is 1. The third-order valence-electron chi connectivity index (χ3n) is 4.78. The molecule has 1 aliphatic carbocycles. The standard InChI is InChI=1S/C18H28N2O/c1-2-19-17-9-5-8-16-15(17)7-6-10-18(16)21-14-13-20-11-3-4-12-20/h6-7,10,17,19H,2-5,8-9,11-14H2,1H3. The molecule has 1 N–H and O–H groups in total. The molecule has 3 rings (SSSR count). The molecule has 0 bridgehead atoms. The van der Waals surface area contributed by atoms with E-state index >= 15 is 0 Å². The highest BCUT2D eigenvalue weighted by Gasteiger charge is 2.22. The second kappa shape index (κ2) is 7.28. The minimum Gasteiger partial charge on any atom is -0.492 e. The van der Waals surface area contributed by atoms with Gasteiger partial charge in [0.1, 0.15) is 12.4 Å². The number of rotatable bonds is 6. The predicted octanol–water partition coefficient (Wildman–Crippen LogP) is 3.15. The predicted molar refractivity (Wildman–Crippen MR) is 87.0 cm³/mol. The summed E-state index contributed by atoms with van der Waals surface area (Å²) < 4.78 is 6.12. The SMILES string of the molecule is CCNC1CCCc2c(OCCN3CCCC3)cccc21. The van der Waals surface area contributed by atoms with Crippen LogP contribution in [0.3, 0.4) is 0 Å². The molecule has 21 heavy (non-hydrogen) atoms. The Morgan fingerprint density at radius 2 is 2.10 bits per heavy atom. The van der Waals surface area contributed by atoms with Crippen molar-refractivity contribution in [3.8, 4) is 5.75 Å². The maximum atomic E-state index is 6.12.